The number of aromatic nitrogens is 1. The van der Waals surface area contributed by atoms with Crippen molar-refractivity contribution in [1.82, 2.24) is 4.57 Å². The summed E-state index contributed by atoms with van der Waals surface area (Å²) < 4.78 is 2.12. The summed E-state index contributed by atoms with van der Waals surface area (Å²) in [7, 11) is 0. The third kappa shape index (κ3) is 4.60. The molecule has 0 spiro atoms. The molecule has 0 amide bonds. The summed E-state index contributed by atoms with van der Waals surface area (Å²) in [5, 5.41) is 5.28. The highest BCUT2D eigenvalue weighted by Crippen LogP contribution is 2.27. The average molecular weight is 377 g/mol. The molecular weight excluding hydrogens is 350 g/mol. The predicted octanol–water partition coefficient (Wildman–Crippen LogP) is 5.45. The minimum atomic E-state index is -0.409. The molecule has 1 aromatic heterocycles. The van der Waals surface area contributed by atoms with Crippen LogP contribution in [-0.4, -0.2) is 16.2 Å². The van der Waals surface area contributed by atoms with E-state index in [1.807, 2.05) is 36.4 Å². The van der Waals surface area contributed by atoms with E-state index in [0.717, 1.165) is 52.8 Å². The van der Waals surface area contributed by atoms with Crippen molar-refractivity contribution in [2.75, 3.05) is 5.73 Å². The van der Waals surface area contributed by atoms with Crippen LogP contribution in [0, 0.1) is 0 Å². The molecule has 2 N–H and O–H groups in total. The van der Waals surface area contributed by atoms with Crippen molar-refractivity contribution in [1.29, 1.82) is 0 Å². The maximum atomic E-state index is 11.3. The average Bonchev–Trinajstić information content (AvgIpc) is 3.07. The molecule has 3 aromatic rings. The van der Waals surface area contributed by atoms with Crippen molar-refractivity contribution in [3.05, 3.63) is 60.3 Å². The van der Waals surface area contributed by atoms with Crippen LogP contribution in [0.1, 0.15) is 51.5 Å². The number of anilines is 1. The zero-order valence-corrected chi connectivity index (χ0v) is 16.5. The first kappa shape index (κ1) is 19.7. The molecule has 0 aliphatic heterocycles. The molecule has 1 heterocycles. The number of nitrogen functional groups attached to an aromatic ring is 1. The summed E-state index contributed by atoms with van der Waals surface area (Å²) in [5.74, 6) is -0.409. The number of oxime groups is 1. The number of carbonyl (C=O) groups excluding carboxylic acids is 1. The van der Waals surface area contributed by atoms with E-state index >= 15 is 0 Å². The van der Waals surface area contributed by atoms with Gasteiger partial charge in [0.1, 0.15) is 0 Å². The minimum absolute atomic E-state index is 0.409. The monoisotopic (exact) mass is 377 g/mol. The number of benzene rings is 2. The topological polar surface area (TPSA) is 69.6 Å². The highest BCUT2D eigenvalue weighted by atomic mass is 16.7. The Bertz CT molecular complexity index is 971. The number of rotatable bonds is 8. The van der Waals surface area contributed by atoms with Gasteiger partial charge in [0.15, 0.2) is 0 Å². The van der Waals surface area contributed by atoms with Crippen molar-refractivity contribution in [3.63, 3.8) is 0 Å². The van der Waals surface area contributed by atoms with Crippen LogP contribution >= 0.6 is 0 Å². The van der Waals surface area contributed by atoms with Crippen LogP contribution in [0.5, 0.6) is 0 Å². The van der Waals surface area contributed by atoms with Crippen molar-refractivity contribution in [2.24, 2.45) is 5.16 Å². The van der Waals surface area contributed by atoms with Crippen LogP contribution in [-0.2, 0) is 9.63 Å². The maximum Gasteiger partial charge on any atom is 0.331 e. The Kier molecular flexibility index (Phi) is 6.48. The molecule has 0 fully saturated rings. The maximum absolute atomic E-state index is 11.3. The molecular formula is C23H27N3O2. The van der Waals surface area contributed by atoms with Crippen molar-refractivity contribution >= 4 is 28.3 Å². The normalized spacial score (nSPS) is 11.7. The Morgan fingerprint density at radius 2 is 1.82 bits per heavy atom. The summed E-state index contributed by atoms with van der Waals surface area (Å²) in [6.45, 7) is 3.56. The fourth-order valence-electron chi connectivity index (χ4n) is 3.33. The molecule has 3 rings (SSSR count). The predicted molar refractivity (Wildman–Crippen MR) is 115 cm³/mol. The van der Waals surface area contributed by atoms with E-state index in [-0.39, 0.29) is 0 Å². The second-order valence-electron chi connectivity index (χ2n) is 6.95. The fourth-order valence-corrected chi connectivity index (χ4v) is 3.33. The van der Waals surface area contributed by atoms with Crippen LogP contribution in [0.3, 0.4) is 0 Å². The van der Waals surface area contributed by atoms with Gasteiger partial charge < -0.3 is 15.1 Å². The Labute approximate surface area is 165 Å². The number of carbonyl (C=O) groups is 1. The number of unbranched alkanes of at least 4 members (excludes halogenated alkanes) is 3. The van der Waals surface area contributed by atoms with Crippen LogP contribution in [0.4, 0.5) is 5.69 Å². The molecule has 0 aliphatic carbocycles. The third-order valence-electron chi connectivity index (χ3n) is 4.75. The van der Waals surface area contributed by atoms with E-state index in [0.29, 0.717) is 0 Å². The highest BCUT2D eigenvalue weighted by Gasteiger charge is 2.15. The zero-order valence-electron chi connectivity index (χ0n) is 16.5. The molecule has 146 valence electrons. The Balaban J connectivity index is 2.04. The number of nitrogens with two attached hydrogens (primary N) is 1. The van der Waals surface area contributed by atoms with E-state index in [9.17, 15) is 4.79 Å². The molecule has 5 heteroatoms. The molecule has 28 heavy (non-hydrogen) atoms. The van der Waals surface area contributed by atoms with Crippen LogP contribution < -0.4 is 5.73 Å². The largest absolute Gasteiger partial charge is 0.399 e. The lowest BCUT2D eigenvalue weighted by Gasteiger charge is -2.06. The van der Waals surface area contributed by atoms with E-state index in [2.05, 4.69) is 35.0 Å². The second kappa shape index (κ2) is 9.22. The summed E-state index contributed by atoms with van der Waals surface area (Å²) in [4.78, 5) is 16.3. The number of hydrogen-bond acceptors (Lipinski definition) is 4. The first-order chi connectivity index (χ1) is 13.6. The van der Waals surface area contributed by atoms with Gasteiger partial charge in [0.2, 0.25) is 0 Å². The van der Waals surface area contributed by atoms with E-state index in [4.69, 9.17) is 10.6 Å². The fraction of sp³-hybridized carbons (Fsp3) is 0.304. The molecule has 0 atom stereocenters. The van der Waals surface area contributed by atoms with E-state index in [1.54, 1.807) is 0 Å². The molecule has 0 aliphatic rings. The first-order valence-electron chi connectivity index (χ1n) is 9.81. The van der Waals surface area contributed by atoms with Crippen molar-refractivity contribution in [2.45, 2.75) is 46.0 Å². The Morgan fingerprint density at radius 3 is 2.54 bits per heavy atom. The van der Waals surface area contributed by atoms with Gasteiger partial charge >= 0.3 is 5.97 Å². The second-order valence-corrected chi connectivity index (χ2v) is 6.95. The van der Waals surface area contributed by atoms with Gasteiger partial charge in [-0.15, -0.1) is 0 Å². The summed E-state index contributed by atoms with van der Waals surface area (Å²) >= 11 is 0. The van der Waals surface area contributed by atoms with Crippen molar-refractivity contribution < 1.29 is 9.63 Å². The van der Waals surface area contributed by atoms with E-state index < -0.39 is 5.97 Å². The standard InChI is InChI=1S/C23H27N3O2/c1-3-4-5-6-10-22(25-28-17(2)27)21-16-26(19-14-12-18(24)13-15-19)23-11-8-7-9-20(21)23/h7-9,11-16H,3-6,10,24H2,1-2H3/b25-22+. The molecule has 2 aromatic carbocycles. The molecule has 5 nitrogen and oxygen atoms in total. The summed E-state index contributed by atoms with van der Waals surface area (Å²) in [6.07, 6.45) is 7.34. The van der Waals surface area contributed by atoms with E-state index in [1.165, 1.54) is 19.8 Å². The summed E-state index contributed by atoms with van der Waals surface area (Å²) in [6, 6.07) is 16.0. The number of nitrogens with zero attached hydrogens (tertiary/aromatic N) is 2. The van der Waals surface area contributed by atoms with Gasteiger partial charge in [0.05, 0.1) is 11.2 Å². The molecule has 0 radical (unpaired) electrons. The van der Waals surface area contributed by atoms with Gasteiger partial charge in [0, 0.05) is 35.4 Å². The first-order valence-corrected chi connectivity index (χ1v) is 9.81. The number of fused-ring (bicyclic) bond motifs is 1. The molecule has 0 unspecified atom stereocenters. The summed E-state index contributed by atoms with van der Waals surface area (Å²) in [5.41, 5.74) is 10.5. The lowest BCUT2D eigenvalue weighted by molar-refractivity contribution is -0.140. The van der Waals surface area contributed by atoms with Gasteiger partial charge in [-0.2, -0.15) is 0 Å². The zero-order chi connectivity index (χ0) is 19.9. The lowest BCUT2D eigenvalue weighted by atomic mass is 10.0. The lowest BCUT2D eigenvalue weighted by Crippen LogP contribution is -2.04. The van der Waals surface area contributed by atoms with Crippen LogP contribution in [0.2, 0.25) is 0 Å². The third-order valence-corrected chi connectivity index (χ3v) is 4.75. The minimum Gasteiger partial charge on any atom is -0.399 e. The SMILES string of the molecule is CCCCCC/C(=N\OC(C)=O)c1cn(-c2ccc(N)cc2)c2ccccc12. The smallest absolute Gasteiger partial charge is 0.331 e. The van der Waals surface area contributed by atoms with Crippen LogP contribution in [0.25, 0.3) is 16.6 Å². The molecule has 0 saturated heterocycles. The molecule has 0 saturated carbocycles. The van der Waals surface area contributed by atoms with Gasteiger partial charge in [-0.3, -0.25) is 0 Å². The van der Waals surface area contributed by atoms with Gasteiger partial charge in [-0.05, 0) is 43.2 Å². The number of para-hydroxylation sites is 1. The van der Waals surface area contributed by atoms with Gasteiger partial charge in [-0.1, -0.05) is 49.5 Å². The quantitative estimate of drug-likeness (QED) is 0.187. The Morgan fingerprint density at radius 1 is 1.07 bits per heavy atom. The van der Waals surface area contributed by atoms with Crippen molar-refractivity contribution in [3.8, 4) is 5.69 Å². The number of hydrogen-bond donors (Lipinski definition) is 1. The van der Waals surface area contributed by atoms with Gasteiger partial charge in [0.25, 0.3) is 0 Å². The highest BCUT2D eigenvalue weighted by molar-refractivity contribution is 6.11. The van der Waals surface area contributed by atoms with Crippen LogP contribution in [0.15, 0.2) is 59.9 Å². The molecule has 0 bridgehead atoms. The van der Waals surface area contributed by atoms with Gasteiger partial charge in [-0.25, -0.2) is 4.79 Å². The Hall–Kier alpha value is -3.08.